The van der Waals surface area contributed by atoms with Gasteiger partial charge in [0.05, 0.1) is 18.3 Å². The predicted octanol–water partition coefficient (Wildman–Crippen LogP) is 2.44. The number of ether oxygens (including phenoxy) is 1. The third-order valence-corrected chi connectivity index (χ3v) is 6.46. The molecule has 10 heteroatoms. The average Bonchev–Trinajstić information content (AvgIpc) is 3.63. The van der Waals surface area contributed by atoms with E-state index in [9.17, 15) is 4.79 Å². The molecular formula is C23H30N8O2. The van der Waals surface area contributed by atoms with Crippen molar-refractivity contribution in [3.05, 3.63) is 24.5 Å². The molecule has 1 aliphatic heterocycles. The summed E-state index contributed by atoms with van der Waals surface area (Å²) in [5.41, 5.74) is 2.17. The van der Waals surface area contributed by atoms with Crippen LogP contribution < -0.4 is 5.32 Å². The zero-order chi connectivity index (χ0) is 22.9. The van der Waals surface area contributed by atoms with Crippen LogP contribution in [0.15, 0.2) is 18.7 Å². The highest BCUT2D eigenvalue weighted by atomic mass is 16.5. The first-order valence-corrected chi connectivity index (χ1v) is 11.8. The highest BCUT2D eigenvalue weighted by Gasteiger charge is 2.37. The van der Waals surface area contributed by atoms with Crippen LogP contribution in [0.5, 0.6) is 0 Å². The van der Waals surface area contributed by atoms with Gasteiger partial charge in [0.1, 0.15) is 24.0 Å². The third-order valence-electron chi connectivity index (χ3n) is 6.46. The van der Waals surface area contributed by atoms with E-state index in [2.05, 4.69) is 25.3 Å². The van der Waals surface area contributed by atoms with Gasteiger partial charge in [-0.25, -0.2) is 24.9 Å². The predicted molar refractivity (Wildman–Crippen MR) is 124 cm³/mol. The lowest BCUT2D eigenvalue weighted by Crippen LogP contribution is -2.51. The number of aryl methyl sites for hydroxylation is 2. The van der Waals surface area contributed by atoms with Crippen LogP contribution in [0.4, 0.5) is 5.82 Å². The Labute approximate surface area is 192 Å². The van der Waals surface area contributed by atoms with Gasteiger partial charge < -0.3 is 19.5 Å². The monoisotopic (exact) mass is 450 g/mol. The van der Waals surface area contributed by atoms with Gasteiger partial charge in [0.2, 0.25) is 5.91 Å². The molecule has 33 heavy (non-hydrogen) atoms. The molecular weight excluding hydrogens is 420 g/mol. The molecule has 0 unspecified atom stereocenters. The summed E-state index contributed by atoms with van der Waals surface area (Å²) >= 11 is 0. The number of anilines is 1. The summed E-state index contributed by atoms with van der Waals surface area (Å²) in [6.45, 7) is 8.48. The molecule has 4 heterocycles. The zero-order valence-electron chi connectivity index (χ0n) is 19.4. The van der Waals surface area contributed by atoms with Crippen molar-refractivity contribution in [1.82, 2.24) is 34.4 Å². The second-order valence-corrected chi connectivity index (χ2v) is 8.73. The van der Waals surface area contributed by atoms with Crippen molar-refractivity contribution in [3.63, 3.8) is 0 Å². The highest BCUT2D eigenvalue weighted by Crippen LogP contribution is 2.36. The van der Waals surface area contributed by atoms with Crippen LogP contribution in [0, 0.1) is 12.8 Å². The van der Waals surface area contributed by atoms with E-state index in [0.717, 1.165) is 11.4 Å². The zero-order valence-corrected chi connectivity index (χ0v) is 19.4. The summed E-state index contributed by atoms with van der Waals surface area (Å²) in [5, 5.41) is 3.36. The van der Waals surface area contributed by atoms with E-state index in [1.165, 1.54) is 19.2 Å². The molecule has 0 spiro atoms. The first-order valence-electron chi connectivity index (χ1n) is 11.8. The molecule has 1 saturated carbocycles. The fourth-order valence-electron chi connectivity index (χ4n) is 4.42. The molecule has 1 aliphatic carbocycles. The number of amides is 1. The van der Waals surface area contributed by atoms with Crippen LogP contribution in [0.1, 0.15) is 38.9 Å². The fraction of sp³-hybridized carbons (Fsp3) is 0.565. The van der Waals surface area contributed by atoms with E-state index in [-0.39, 0.29) is 18.1 Å². The number of fused-ring (bicyclic) bond motifs is 1. The van der Waals surface area contributed by atoms with Crippen LogP contribution in [-0.2, 0) is 16.1 Å². The number of carbonyl (C=O) groups is 1. The molecule has 1 N–H and O–H groups in total. The first kappa shape index (κ1) is 21.7. The maximum absolute atomic E-state index is 13.4. The second kappa shape index (κ2) is 9.01. The van der Waals surface area contributed by atoms with Crippen molar-refractivity contribution in [3.8, 4) is 11.4 Å². The number of nitrogens with zero attached hydrogens (tertiary/aromatic N) is 7. The van der Waals surface area contributed by atoms with Crippen molar-refractivity contribution in [2.45, 2.75) is 58.7 Å². The molecule has 2 fully saturated rings. The summed E-state index contributed by atoms with van der Waals surface area (Å²) in [6.07, 6.45) is 8.27. The lowest BCUT2D eigenvalue weighted by Gasteiger charge is -2.35. The molecule has 1 saturated heterocycles. The van der Waals surface area contributed by atoms with Gasteiger partial charge in [-0.05, 0) is 39.0 Å². The Morgan fingerprint density at radius 3 is 2.70 bits per heavy atom. The summed E-state index contributed by atoms with van der Waals surface area (Å²) in [4.78, 5) is 37.7. The maximum Gasteiger partial charge on any atom is 0.245 e. The summed E-state index contributed by atoms with van der Waals surface area (Å²) in [5.74, 6) is 2.69. The number of carbonyl (C=O) groups excluding carboxylic acids is 1. The van der Waals surface area contributed by atoms with E-state index in [1.54, 1.807) is 12.4 Å². The minimum atomic E-state index is -0.390. The summed E-state index contributed by atoms with van der Waals surface area (Å²) in [7, 11) is 0. The average molecular weight is 451 g/mol. The van der Waals surface area contributed by atoms with Gasteiger partial charge >= 0.3 is 0 Å². The Morgan fingerprint density at radius 2 is 2.00 bits per heavy atom. The van der Waals surface area contributed by atoms with E-state index in [0.29, 0.717) is 61.4 Å². The Bertz CT molecular complexity index is 1140. The van der Waals surface area contributed by atoms with Crippen LogP contribution >= 0.6 is 0 Å². The van der Waals surface area contributed by atoms with Crippen LogP contribution in [-0.4, -0.2) is 72.1 Å². The molecule has 10 nitrogen and oxygen atoms in total. The number of aromatic nitrogens is 6. The van der Waals surface area contributed by atoms with Gasteiger partial charge in [-0.15, -0.1) is 0 Å². The van der Waals surface area contributed by atoms with Crippen molar-refractivity contribution in [1.29, 1.82) is 0 Å². The second-order valence-electron chi connectivity index (χ2n) is 8.73. The third kappa shape index (κ3) is 4.27. The van der Waals surface area contributed by atoms with Crippen LogP contribution in [0.2, 0.25) is 0 Å². The van der Waals surface area contributed by atoms with E-state index in [1.807, 2.05) is 30.2 Å². The van der Waals surface area contributed by atoms with Crippen LogP contribution in [0.25, 0.3) is 22.6 Å². The quantitative estimate of drug-likeness (QED) is 0.584. The molecule has 3 aromatic heterocycles. The van der Waals surface area contributed by atoms with Crippen molar-refractivity contribution in [2.75, 3.05) is 25.0 Å². The molecule has 0 radical (unpaired) electrons. The van der Waals surface area contributed by atoms with Gasteiger partial charge in [0.15, 0.2) is 17.0 Å². The topological polar surface area (TPSA) is 111 Å². The number of rotatable bonds is 7. The fourth-order valence-corrected chi connectivity index (χ4v) is 4.42. The van der Waals surface area contributed by atoms with Gasteiger partial charge in [-0.2, -0.15) is 0 Å². The standard InChI is InChI=1S/C23H30N8O2/c1-4-17(23(32)30-8-9-33-18(12-30)15-6-7-15)28-20-19-22(27-13-26-20)31(5-2)21(29-19)16-10-24-14(3)25-11-16/h10-11,13,15,17-18H,4-9,12H2,1-3H3,(H,26,27,28)/t17-,18+/m1/s1. The first-order chi connectivity index (χ1) is 16.1. The molecule has 2 aliphatic rings. The van der Waals surface area contributed by atoms with Crippen molar-refractivity contribution >= 4 is 22.9 Å². The molecule has 0 aromatic carbocycles. The molecule has 0 bridgehead atoms. The Hall–Kier alpha value is -3.14. The number of hydrogen-bond acceptors (Lipinski definition) is 8. The lowest BCUT2D eigenvalue weighted by molar-refractivity contribution is -0.140. The number of nitrogens with one attached hydrogen (secondary N) is 1. The van der Waals surface area contributed by atoms with E-state index in [4.69, 9.17) is 9.72 Å². The molecule has 174 valence electrons. The summed E-state index contributed by atoms with van der Waals surface area (Å²) in [6, 6.07) is -0.390. The minimum absolute atomic E-state index is 0.0836. The number of morpholine rings is 1. The van der Waals surface area contributed by atoms with Crippen molar-refractivity contribution in [2.24, 2.45) is 5.92 Å². The van der Waals surface area contributed by atoms with Gasteiger partial charge in [-0.1, -0.05) is 6.92 Å². The maximum atomic E-state index is 13.4. The van der Waals surface area contributed by atoms with Crippen molar-refractivity contribution < 1.29 is 9.53 Å². The molecule has 3 aromatic rings. The lowest BCUT2D eigenvalue weighted by atomic mass is 10.1. The van der Waals surface area contributed by atoms with Crippen LogP contribution in [0.3, 0.4) is 0 Å². The Kier molecular flexibility index (Phi) is 5.92. The van der Waals surface area contributed by atoms with Gasteiger partial charge in [0.25, 0.3) is 0 Å². The Balaban J connectivity index is 1.42. The minimum Gasteiger partial charge on any atom is -0.374 e. The molecule has 5 rings (SSSR count). The van der Waals surface area contributed by atoms with Gasteiger partial charge in [-0.3, -0.25) is 4.79 Å². The van der Waals surface area contributed by atoms with Gasteiger partial charge in [0, 0.05) is 32.0 Å². The van der Waals surface area contributed by atoms with E-state index >= 15 is 0 Å². The molecule has 2 atom stereocenters. The largest absolute Gasteiger partial charge is 0.374 e. The summed E-state index contributed by atoms with van der Waals surface area (Å²) < 4.78 is 7.91. The SMILES string of the molecule is CC[C@@H](Nc1ncnc2c1nc(-c1cnc(C)nc1)n2CC)C(=O)N1CCO[C@H](C2CC2)C1. The van der Waals surface area contributed by atoms with E-state index < -0.39 is 0 Å². The molecule has 1 amide bonds. The highest BCUT2D eigenvalue weighted by molar-refractivity contribution is 5.90. The smallest absolute Gasteiger partial charge is 0.245 e. The number of imidazole rings is 1. The number of hydrogen-bond donors (Lipinski definition) is 1. The normalized spacial score (nSPS) is 19.6. The Morgan fingerprint density at radius 1 is 1.21 bits per heavy atom.